The molecule has 1 unspecified atom stereocenters. The largest absolute Gasteiger partial charge is 0.417 e. The molecule has 0 bridgehead atoms. The van der Waals surface area contributed by atoms with Gasteiger partial charge in [-0.2, -0.15) is 0 Å². The van der Waals surface area contributed by atoms with Crippen LogP contribution in [0.3, 0.4) is 0 Å². The third-order valence-corrected chi connectivity index (χ3v) is 4.08. The predicted octanol–water partition coefficient (Wildman–Crippen LogP) is 4.78. The monoisotopic (exact) mass is 315 g/mol. The minimum atomic E-state index is -3.34. The fraction of sp³-hybridized carbons (Fsp3) is 0.571. The summed E-state index contributed by atoms with van der Waals surface area (Å²) in [6, 6.07) is 5.84. The van der Waals surface area contributed by atoms with Crippen LogP contribution in [-0.2, 0) is 9.09 Å². The summed E-state index contributed by atoms with van der Waals surface area (Å²) in [5, 5.41) is 10.9. The van der Waals surface area contributed by atoms with E-state index >= 15 is 0 Å². The normalized spacial score (nSPS) is 13.6. The fourth-order valence-electron chi connectivity index (χ4n) is 1.83. The molecule has 0 saturated carbocycles. The molecule has 0 fully saturated rings. The summed E-state index contributed by atoms with van der Waals surface area (Å²) in [6.07, 6.45) is 5.28. The van der Waals surface area contributed by atoms with E-state index < -0.39 is 12.5 Å². The second kappa shape index (κ2) is 8.80. The van der Waals surface area contributed by atoms with E-state index in [1.165, 1.54) is 31.3 Å². The van der Waals surface area contributed by atoms with Gasteiger partial charge in [0.25, 0.3) is 0 Å². The Balaban J connectivity index is 2.49. The van der Waals surface area contributed by atoms with Gasteiger partial charge in [0.15, 0.2) is 0 Å². The molecule has 6 nitrogen and oxygen atoms in total. The van der Waals surface area contributed by atoms with Gasteiger partial charge in [0, 0.05) is 12.7 Å². The van der Waals surface area contributed by atoms with Crippen molar-refractivity contribution in [3.05, 3.63) is 34.4 Å². The van der Waals surface area contributed by atoms with Crippen molar-refractivity contribution >= 4 is 13.3 Å². The zero-order valence-electron chi connectivity index (χ0n) is 12.5. The molecule has 0 radical (unpaired) electrons. The summed E-state index contributed by atoms with van der Waals surface area (Å²) < 4.78 is 22.7. The minimum Gasteiger partial charge on any atom is -0.417 e. The summed E-state index contributed by atoms with van der Waals surface area (Å²) in [4.78, 5) is 10.3. The van der Waals surface area contributed by atoms with Gasteiger partial charge in [0.05, 0.1) is 11.5 Å². The Morgan fingerprint density at radius 3 is 2.52 bits per heavy atom. The first-order valence-electron chi connectivity index (χ1n) is 7.11. The third-order valence-electron chi connectivity index (χ3n) is 2.90. The van der Waals surface area contributed by atoms with Gasteiger partial charge >= 0.3 is 13.3 Å². The van der Waals surface area contributed by atoms with Gasteiger partial charge in [0.1, 0.15) is 0 Å². The first kappa shape index (κ1) is 17.7. The van der Waals surface area contributed by atoms with Gasteiger partial charge < -0.3 is 4.52 Å². The average molecular weight is 315 g/mol. The van der Waals surface area contributed by atoms with E-state index in [1.54, 1.807) is 6.07 Å². The molecule has 21 heavy (non-hydrogen) atoms. The van der Waals surface area contributed by atoms with Crippen LogP contribution in [0, 0.1) is 10.1 Å². The molecule has 0 aliphatic rings. The second-order valence-corrected chi connectivity index (χ2v) is 6.82. The zero-order chi connectivity index (χ0) is 15.7. The maximum absolute atomic E-state index is 12.2. The Labute approximate surface area is 125 Å². The Hall–Kier alpha value is -1.39. The topological polar surface area (TPSA) is 78.7 Å². The van der Waals surface area contributed by atoms with Crippen LogP contribution < -0.4 is 4.52 Å². The van der Waals surface area contributed by atoms with Crippen molar-refractivity contribution < 1.29 is 18.5 Å². The number of para-hydroxylation sites is 2. The lowest BCUT2D eigenvalue weighted by Crippen LogP contribution is -2.01. The predicted molar refractivity (Wildman–Crippen MR) is 82.0 cm³/mol. The van der Waals surface area contributed by atoms with Crippen molar-refractivity contribution in [3.8, 4) is 5.75 Å². The van der Waals surface area contributed by atoms with Gasteiger partial charge in [0.2, 0.25) is 5.75 Å². The maximum atomic E-state index is 12.2. The first-order chi connectivity index (χ1) is 9.96. The van der Waals surface area contributed by atoms with Crippen molar-refractivity contribution in [2.45, 2.75) is 39.0 Å². The highest BCUT2D eigenvalue weighted by Crippen LogP contribution is 2.46. The van der Waals surface area contributed by atoms with Crippen LogP contribution in [0.4, 0.5) is 5.69 Å². The maximum Gasteiger partial charge on any atom is 0.376 e. The van der Waals surface area contributed by atoms with Crippen LogP contribution >= 0.6 is 7.60 Å². The number of hydrogen-bond acceptors (Lipinski definition) is 5. The van der Waals surface area contributed by atoms with E-state index in [0.29, 0.717) is 6.61 Å². The number of benzene rings is 1. The highest BCUT2D eigenvalue weighted by molar-refractivity contribution is 7.53. The fourth-order valence-corrected chi connectivity index (χ4v) is 2.85. The second-order valence-electron chi connectivity index (χ2n) is 4.83. The van der Waals surface area contributed by atoms with E-state index in [1.807, 2.05) is 0 Å². The van der Waals surface area contributed by atoms with E-state index in [0.717, 1.165) is 25.7 Å². The number of hydrogen-bond donors (Lipinski definition) is 0. The van der Waals surface area contributed by atoms with Gasteiger partial charge in [-0.05, 0) is 12.5 Å². The molecule has 0 heterocycles. The van der Waals surface area contributed by atoms with E-state index in [9.17, 15) is 14.7 Å². The standard InChI is InChI=1S/C14H22NO5P/c1-3-4-5-6-9-12-19-21(2,18)20-14-11-8-7-10-13(14)15(16)17/h7-8,10-11H,3-6,9,12H2,1-2H3. The molecule has 0 amide bonds. The lowest BCUT2D eigenvalue weighted by molar-refractivity contribution is -0.385. The molecule has 0 aliphatic carbocycles. The molecule has 0 N–H and O–H groups in total. The van der Waals surface area contributed by atoms with Gasteiger partial charge in [-0.25, -0.2) is 4.57 Å². The van der Waals surface area contributed by atoms with E-state index in [2.05, 4.69) is 6.92 Å². The Morgan fingerprint density at radius 1 is 1.19 bits per heavy atom. The molecule has 0 spiro atoms. The molecule has 1 atom stereocenters. The summed E-state index contributed by atoms with van der Waals surface area (Å²) in [6.45, 7) is 3.80. The molecule has 0 aromatic heterocycles. The summed E-state index contributed by atoms with van der Waals surface area (Å²) in [5.41, 5.74) is -0.217. The Bertz CT molecular complexity index is 506. The lowest BCUT2D eigenvalue weighted by Gasteiger charge is -2.15. The van der Waals surface area contributed by atoms with Gasteiger partial charge in [-0.3, -0.25) is 14.6 Å². The molecular formula is C14H22NO5P. The Morgan fingerprint density at radius 2 is 1.86 bits per heavy atom. The number of nitrogens with zero attached hydrogens (tertiary/aromatic N) is 1. The molecule has 118 valence electrons. The molecule has 1 rings (SSSR count). The van der Waals surface area contributed by atoms with Crippen LogP contribution in [0.5, 0.6) is 5.75 Å². The van der Waals surface area contributed by atoms with Crippen LogP contribution in [0.2, 0.25) is 0 Å². The summed E-state index contributed by atoms with van der Waals surface area (Å²) in [7, 11) is -3.34. The molecule has 7 heteroatoms. The molecule has 0 aliphatic heterocycles. The van der Waals surface area contributed by atoms with Crippen molar-refractivity contribution in [1.82, 2.24) is 0 Å². The van der Waals surface area contributed by atoms with Crippen molar-refractivity contribution in [2.75, 3.05) is 13.3 Å². The van der Waals surface area contributed by atoms with Gasteiger partial charge in [-0.1, -0.05) is 44.7 Å². The van der Waals surface area contributed by atoms with Crippen LogP contribution in [0.15, 0.2) is 24.3 Å². The smallest absolute Gasteiger partial charge is 0.376 e. The zero-order valence-corrected chi connectivity index (χ0v) is 13.4. The SMILES string of the molecule is CCCCCCCOP(C)(=O)Oc1ccccc1[N+](=O)[O-]. The Kier molecular flexibility index (Phi) is 7.40. The van der Waals surface area contributed by atoms with Crippen molar-refractivity contribution in [1.29, 1.82) is 0 Å². The van der Waals surface area contributed by atoms with Crippen molar-refractivity contribution in [3.63, 3.8) is 0 Å². The summed E-state index contributed by atoms with van der Waals surface area (Å²) in [5.74, 6) is -0.0284. The molecule has 0 saturated heterocycles. The number of unbranched alkanes of at least 4 members (excludes halogenated alkanes) is 4. The molecule has 1 aromatic rings. The lowest BCUT2D eigenvalue weighted by atomic mass is 10.2. The number of nitro benzene ring substituents is 1. The minimum absolute atomic E-state index is 0.0284. The highest BCUT2D eigenvalue weighted by atomic mass is 31.2. The average Bonchev–Trinajstić information content (AvgIpc) is 2.42. The molecule has 1 aromatic carbocycles. The van der Waals surface area contributed by atoms with E-state index in [4.69, 9.17) is 9.05 Å². The third kappa shape index (κ3) is 6.74. The first-order valence-corrected chi connectivity index (χ1v) is 9.10. The van der Waals surface area contributed by atoms with Crippen LogP contribution in [0.1, 0.15) is 39.0 Å². The quantitative estimate of drug-likeness (QED) is 0.268. The summed E-state index contributed by atoms with van der Waals surface area (Å²) >= 11 is 0. The molecular weight excluding hydrogens is 293 g/mol. The van der Waals surface area contributed by atoms with Crippen LogP contribution in [0.25, 0.3) is 0 Å². The van der Waals surface area contributed by atoms with Crippen LogP contribution in [-0.4, -0.2) is 18.2 Å². The number of rotatable bonds is 10. The van der Waals surface area contributed by atoms with Gasteiger partial charge in [-0.15, -0.1) is 0 Å². The van der Waals surface area contributed by atoms with Crippen molar-refractivity contribution in [2.24, 2.45) is 0 Å². The van der Waals surface area contributed by atoms with E-state index in [-0.39, 0.29) is 11.4 Å². The highest BCUT2D eigenvalue weighted by Gasteiger charge is 2.23. The number of nitro groups is 1.